The summed E-state index contributed by atoms with van der Waals surface area (Å²) in [6.07, 6.45) is 5.43. The maximum Gasteiger partial charge on any atom is 0.317 e. The molecule has 1 heterocycles. The van der Waals surface area contributed by atoms with Gasteiger partial charge in [-0.25, -0.2) is 0 Å². The van der Waals surface area contributed by atoms with E-state index >= 15 is 0 Å². The third-order valence-electron chi connectivity index (χ3n) is 2.99. The molecule has 2 rings (SSSR count). The Kier molecular flexibility index (Phi) is 1.53. The molecule has 1 atom stereocenters. The molecule has 1 aliphatic carbocycles. The molecule has 2 aliphatic rings. The molecule has 0 bridgehead atoms. The van der Waals surface area contributed by atoms with Crippen LogP contribution in [0.2, 0.25) is 0 Å². The van der Waals surface area contributed by atoms with E-state index in [1.54, 1.807) is 0 Å². The highest BCUT2D eigenvalue weighted by molar-refractivity contribution is 5.80. The Morgan fingerprint density at radius 1 is 1.58 bits per heavy atom. The number of rotatable bonds is 0. The highest BCUT2D eigenvalue weighted by atomic mass is 16.5. The summed E-state index contributed by atoms with van der Waals surface area (Å²) in [5.74, 6) is 1.22. The van der Waals surface area contributed by atoms with Crippen molar-refractivity contribution in [1.82, 2.24) is 0 Å². The maximum absolute atomic E-state index is 11.4. The lowest BCUT2D eigenvalue weighted by molar-refractivity contribution is -0.143. The zero-order chi connectivity index (χ0) is 8.77. The summed E-state index contributed by atoms with van der Waals surface area (Å²) in [5, 5.41) is 0. The Morgan fingerprint density at radius 2 is 2.33 bits per heavy atom. The highest BCUT2D eigenvalue weighted by Gasteiger charge is 2.48. The SMILES string of the molecule is CC1(C)C(=O)OC2=CCCCC21. The van der Waals surface area contributed by atoms with Gasteiger partial charge in [0, 0.05) is 5.92 Å². The van der Waals surface area contributed by atoms with E-state index in [9.17, 15) is 4.79 Å². The molecule has 2 heteroatoms. The molecule has 0 amide bonds. The molecule has 0 aromatic rings. The first-order chi connectivity index (χ1) is 5.62. The molecule has 0 radical (unpaired) electrons. The molecule has 1 aliphatic heterocycles. The first-order valence-electron chi connectivity index (χ1n) is 4.54. The van der Waals surface area contributed by atoms with E-state index in [0.29, 0.717) is 5.92 Å². The van der Waals surface area contributed by atoms with Crippen LogP contribution in [0, 0.1) is 11.3 Å². The second-order valence-corrected chi connectivity index (χ2v) is 4.20. The molecular formula is C10H14O2. The Balaban J connectivity index is 2.35. The Morgan fingerprint density at radius 3 is 3.00 bits per heavy atom. The van der Waals surface area contributed by atoms with Gasteiger partial charge in [0.2, 0.25) is 0 Å². The molecule has 1 saturated heterocycles. The Labute approximate surface area is 72.6 Å². The quantitative estimate of drug-likeness (QED) is 0.516. The summed E-state index contributed by atoms with van der Waals surface area (Å²) in [4.78, 5) is 11.4. The number of fused-ring (bicyclic) bond motifs is 1. The predicted octanol–water partition coefficient (Wildman–Crippen LogP) is 2.25. The average Bonchev–Trinajstić information content (AvgIpc) is 2.25. The molecule has 0 aromatic heterocycles. The number of esters is 1. The van der Waals surface area contributed by atoms with Gasteiger partial charge in [0.15, 0.2) is 0 Å². The van der Waals surface area contributed by atoms with Gasteiger partial charge in [-0.05, 0) is 39.2 Å². The largest absolute Gasteiger partial charge is 0.431 e. The van der Waals surface area contributed by atoms with Crippen LogP contribution in [-0.4, -0.2) is 5.97 Å². The molecule has 2 nitrogen and oxygen atoms in total. The number of hydrogen-bond acceptors (Lipinski definition) is 2. The first kappa shape index (κ1) is 7.84. The lowest BCUT2D eigenvalue weighted by atomic mass is 9.75. The standard InChI is InChI=1S/C10H14O2/c1-10(2)7-5-3-4-6-8(7)12-9(10)11/h6-7H,3-5H2,1-2H3. The van der Waals surface area contributed by atoms with Crippen LogP contribution in [0.3, 0.4) is 0 Å². The van der Waals surface area contributed by atoms with E-state index in [2.05, 4.69) is 6.08 Å². The molecule has 0 saturated carbocycles. The predicted molar refractivity (Wildman–Crippen MR) is 45.3 cm³/mol. The van der Waals surface area contributed by atoms with Gasteiger partial charge < -0.3 is 4.74 Å². The fraction of sp³-hybridized carbons (Fsp3) is 0.700. The summed E-state index contributed by atoms with van der Waals surface area (Å²) >= 11 is 0. The second-order valence-electron chi connectivity index (χ2n) is 4.20. The number of hydrogen-bond donors (Lipinski definition) is 0. The monoisotopic (exact) mass is 166 g/mol. The van der Waals surface area contributed by atoms with E-state index in [1.807, 2.05) is 13.8 Å². The number of carbonyl (C=O) groups is 1. The lowest BCUT2D eigenvalue weighted by Gasteiger charge is -2.23. The van der Waals surface area contributed by atoms with Gasteiger partial charge in [0.1, 0.15) is 5.76 Å². The van der Waals surface area contributed by atoms with Crippen LogP contribution in [0.15, 0.2) is 11.8 Å². The summed E-state index contributed by atoms with van der Waals surface area (Å²) in [6.45, 7) is 3.96. The van der Waals surface area contributed by atoms with Gasteiger partial charge in [-0.3, -0.25) is 4.79 Å². The smallest absolute Gasteiger partial charge is 0.317 e. The third-order valence-corrected chi connectivity index (χ3v) is 2.99. The van der Waals surface area contributed by atoms with Crippen LogP contribution < -0.4 is 0 Å². The van der Waals surface area contributed by atoms with Crippen molar-refractivity contribution in [2.24, 2.45) is 11.3 Å². The van der Waals surface area contributed by atoms with E-state index in [-0.39, 0.29) is 11.4 Å². The second kappa shape index (κ2) is 2.35. The van der Waals surface area contributed by atoms with Crippen molar-refractivity contribution < 1.29 is 9.53 Å². The van der Waals surface area contributed by atoms with Gasteiger partial charge in [0.25, 0.3) is 0 Å². The van der Waals surface area contributed by atoms with E-state index in [0.717, 1.165) is 18.6 Å². The van der Waals surface area contributed by atoms with Crippen LogP contribution in [0.25, 0.3) is 0 Å². The first-order valence-corrected chi connectivity index (χ1v) is 4.54. The zero-order valence-corrected chi connectivity index (χ0v) is 7.59. The average molecular weight is 166 g/mol. The van der Waals surface area contributed by atoms with Gasteiger partial charge in [-0.15, -0.1) is 0 Å². The topological polar surface area (TPSA) is 26.3 Å². The summed E-state index contributed by atoms with van der Waals surface area (Å²) in [5.41, 5.74) is -0.285. The number of ether oxygens (including phenoxy) is 1. The highest BCUT2D eigenvalue weighted by Crippen LogP contribution is 2.46. The van der Waals surface area contributed by atoms with Crippen LogP contribution in [-0.2, 0) is 9.53 Å². The van der Waals surface area contributed by atoms with Crippen LogP contribution >= 0.6 is 0 Å². The van der Waals surface area contributed by atoms with Crippen molar-refractivity contribution in [2.75, 3.05) is 0 Å². The normalized spacial score (nSPS) is 32.3. The van der Waals surface area contributed by atoms with E-state index in [4.69, 9.17) is 4.74 Å². The molecule has 0 spiro atoms. The summed E-state index contributed by atoms with van der Waals surface area (Å²) < 4.78 is 5.20. The van der Waals surface area contributed by atoms with Crippen LogP contribution in [0.1, 0.15) is 33.1 Å². The minimum Gasteiger partial charge on any atom is -0.431 e. The van der Waals surface area contributed by atoms with Crippen molar-refractivity contribution in [3.8, 4) is 0 Å². The molecular weight excluding hydrogens is 152 g/mol. The molecule has 66 valence electrons. The van der Waals surface area contributed by atoms with Crippen molar-refractivity contribution in [3.63, 3.8) is 0 Å². The molecule has 0 N–H and O–H groups in total. The van der Waals surface area contributed by atoms with Gasteiger partial charge in [-0.1, -0.05) is 0 Å². The summed E-state index contributed by atoms with van der Waals surface area (Å²) in [6, 6.07) is 0. The fourth-order valence-corrected chi connectivity index (χ4v) is 2.06. The maximum atomic E-state index is 11.4. The van der Waals surface area contributed by atoms with E-state index in [1.165, 1.54) is 6.42 Å². The van der Waals surface area contributed by atoms with Crippen molar-refractivity contribution in [3.05, 3.63) is 11.8 Å². The molecule has 0 aromatic carbocycles. The van der Waals surface area contributed by atoms with Gasteiger partial charge in [0.05, 0.1) is 5.41 Å². The number of carbonyl (C=O) groups excluding carboxylic acids is 1. The molecule has 12 heavy (non-hydrogen) atoms. The third kappa shape index (κ3) is 0.904. The minimum absolute atomic E-state index is 0.0550. The Bertz CT molecular complexity index is 251. The van der Waals surface area contributed by atoms with Gasteiger partial charge >= 0.3 is 5.97 Å². The van der Waals surface area contributed by atoms with E-state index < -0.39 is 0 Å². The van der Waals surface area contributed by atoms with Crippen molar-refractivity contribution in [1.29, 1.82) is 0 Å². The van der Waals surface area contributed by atoms with Crippen LogP contribution in [0.4, 0.5) is 0 Å². The molecule has 1 unspecified atom stereocenters. The van der Waals surface area contributed by atoms with Crippen molar-refractivity contribution >= 4 is 5.97 Å². The minimum atomic E-state index is -0.285. The number of allylic oxidation sites excluding steroid dienone is 2. The zero-order valence-electron chi connectivity index (χ0n) is 7.59. The Hall–Kier alpha value is -0.790. The van der Waals surface area contributed by atoms with Gasteiger partial charge in [-0.2, -0.15) is 0 Å². The van der Waals surface area contributed by atoms with Crippen LogP contribution in [0.5, 0.6) is 0 Å². The summed E-state index contributed by atoms with van der Waals surface area (Å²) in [7, 11) is 0. The molecule has 1 fully saturated rings. The van der Waals surface area contributed by atoms with Crippen molar-refractivity contribution in [2.45, 2.75) is 33.1 Å². The lowest BCUT2D eigenvalue weighted by Crippen LogP contribution is -2.26. The fourth-order valence-electron chi connectivity index (χ4n) is 2.06.